The van der Waals surface area contributed by atoms with E-state index in [9.17, 15) is 4.79 Å². The Morgan fingerprint density at radius 1 is 1.24 bits per heavy atom. The molecular weight excluding hydrogens is 262 g/mol. The van der Waals surface area contributed by atoms with Crippen LogP contribution in [0.3, 0.4) is 0 Å². The van der Waals surface area contributed by atoms with E-state index < -0.39 is 0 Å². The highest BCUT2D eigenvalue weighted by Crippen LogP contribution is 2.16. The molecule has 0 aliphatic carbocycles. The Labute approximate surface area is 127 Å². The van der Waals surface area contributed by atoms with Crippen molar-refractivity contribution in [2.45, 2.75) is 34.2 Å². The molecule has 1 N–H and O–H groups in total. The molecular formula is C17H25N3O. The molecule has 1 aromatic heterocycles. The van der Waals surface area contributed by atoms with Crippen molar-refractivity contribution in [1.82, 2.24) is 14.9 Å². The zero-order valence-electron chi connectivity index (χ0n) is 13.6. The van der Waals surface area contributed by atoms with Gasteiger partial charge < -0.3 is 9.88 Å². The fraction of sp³-hybridized carbons (Fsp3) is 0.412. The van der Waals surface area contributed by atoms with E-state index >= 15 is 0 Å². The average Bonchev–Trinajstić information content (AvgIpc) is 3.03. The maximum atomic E-state index is 11.8. The predicted octanol–water partition coefficient (Wildman–Crippen LogP) is 3.72. The normalized spacial score (nSPS) is 10.0. The van der Waals surface area contributed by atoms with Crippen LogP contribution in [-0.4, -0.2) is 27.8 Å². The van der Waals surface area contributed by atoms with Gasteiger partial charge in [0.25, 0.3) is 0 Å². The van der Waals surface area contributed by atoms with Gasteiger partial charge in [0.2, 0.25) is 5.91 Å². The van der Waals surface area contributed by atoms with Crippen LogP contribution in [0.15, 0.2) is 36.7 Å². The van der Waals surface area contributed by atoms with Crippen molar-refractivity contribution in [3.63, 3.8) is 0 Å². The van der Waals surface area contributed by atoms with E-state index in [-0.39, 0.29) is 11.8 Å². The SMILES string of the molecule is CC.CC(C)C(=O)N(C)Cc1ccc(-c2ncc[nH]2)cc1. The van der Waals surface area contributed by atoms with Crippen LogP contribution in [0.1, 0.15) is 33.3 Å². The number of H-pyrrole nitrogens is 1. The smallest absolute Gasteiger partial charge is 0.225 e. The maximum absolute atomic E-state index is 11.8. The van der Waals surface area contributed by atoms with E-state index in [1.54, 1.807) is 17.3 Å². The Balaban J connectivity index is 0.00000106. The molecule has 0 atom stereocenters. The molecule has 0 aliphatic rings. The fourth-order valence-corrected chi connectivity index (χ4v) is 1.98. The largest absolute Gasteiger partial charge is 0.345 e. The summed E-state index contributed by atoms with van der Waals surface area (Å²) in [5.41, 5.74) is 2.17. The van der Waals surface area contributed by atoms with Gasteiger partial charge in [-0.1, -0.05) is 52.0 Å². The van der Waals surface area contributed by atoms with Crippen LogP contribution in [-0.2, 0) is 11.3 Å². The maximum Gasteiger partial charge on any atom is 0.225 e. The minimum absolute atomic E-state index is 0.0346. The van der Waals surface area contributed by atoms with Crippen LogP contribution < -0.4 is 0 Å². The van der Waals surface area contributed by atoms with Crippen molar-refractivity contribution in [1.29, 1.82) is 0 Å². The van der Waals surface area contributed by atoms with Crippen molar-refractivity contribution >= 4 is 5.91 Å². The van der Waals surface area contributed by atoms with Gasteiger partial charge in [0, 0.05) is 37.5 Å². The quantitative estimate of drug-likeness (QED) is 0.931. The summed E-state index contributed by atoms with van der Waals surface area (Å²) in [5, 5.41) is 0. The summed E-state index contributed by atoms with van der Waals surface area (Å²) in [6.07, 6.45) is 3.54. The van der Waals surface area contributed by atoms with E-state index in [0.29, 0.717) is 6.54 Å². The van der Waals surface area contributed by atoms with E-state index in [1.807, 2.05) is 59.0 Å². The van der Waals surface area contributed by atoms with E-state index in [1.165, 1.54) is 0 Å². The van der Waals surface area contributed by atoms with Gasteiger partial charge in [0.05, 0.1) is 0 Å². The minimum atomic E-state index is 0.0346. The van der Waals surface area contributed by atoms with E-state index in [0.717, 1.165) is 17.0 Å². The molecule has 0 aliphatic heterocycles. The molecule has 1 aromatic carbocycles. The zero-order chi connectivity index (χ0) is 15.8. The second kappa shape index (κ2) is 8.25. The summed E-state index contributed by atoms with van der Waals surface area (Å²) >= 11 is 0. The van der Waals surface area contributed by atoms with Gasteiger partial charge in [-0.2, -0.15) is 0 Å². The van der Waals surface area contributed by atoms with Crippen LogP contribution in [0, 0.1) is 5.92 Å². The first kappa shape index (κ1) is 17.0. The Bertz CT molecular complexity index is 530. The van der Waals surface area contributed by atoms with E-state index in [4.69, 9.17) is 0 Å². The lowest BCUT2D eigenvalue weighted by Crippen LogP contribution is -2.29. The standard InChI is InChI=1S/C15H19N3O.C2H6/c1-11(2)15(19)18(3)10-12-4-6-13(7-5-12)14-16-8-9-17-14;1-2/h4-9,11H,10H2,1-3H3,(H,16,17);1-2H3. The fourth-order valence-electron chi connectivity index (χ4n) is 1.98. The van der Waals surface area contributed by atoms with Crippen LogP contribution in [0.25, 0.3) is 11.4 Å². The number of carbonyl (C=O) groups excluding carboxylic acids is 1. The van der Waals surface area contributed by atoms with Crippen molar-refractivity contribution in [2.24, 2.45) is 5.92 Å². The average molecular weight is 287 g/mol. The van der Waals surface area contributed by atoms with Crippen molar-refractivity contribution < 1.29 is 4.79 Å². The molecule has 0 radical (unpaired) electrons. The number of amides is 1. The van der Waals surface area contributed by atoms with E-state index in [2.05, 4.69) is 9.97 Å². The Kier molecular flexibility index (Phi) is 6.66. The van der Waals surface area contributed by atoms with Gasteiger partial charge in [-0.25, -0.2) is 4.98 Å². The summed E-state index contributed by atoms with van der Waals surface area (Å²) in [4.78, 5) is 20.8. The van der Waals surface area contributed by atoms with Crippen molar-refractivity contribution in [3.8, 4) is 11.4 Å². The van der Waals surface area contributed by atoms with Crippen LogP contribution in [0.2, 0.25) is 0 Å². The van der Waals surface area contributed by atoms with Gasteiger partial charge >= 0.3 is 0 Å². The summed E-state index contributed by atoms with van der Waals surface area (Å²) < 4.78 is 0. The van der Waals surface area contributed by atoms with Gasteiger partial charge in [-0.15, -0.1) is 0 Å². The highest BCUT2D eigenvalue weighted by Gasteiger charge is 2.13. The molecule has 0 unspecified atom stereocenters. The topological polar surface area (TPSA) is 49.0 Å². The Hall–Kier alpha value is -2.10. The molecule has 21 heavy (non-hydrogen) atoms. The second-order valence-electron chi connectivity index (χ2n) is 4.98. The molecule has 114 valence electrons. The first-order valence-corrected chi connectivity index (χ1v) is 7.41. The number of aromatic amines is 1. The zero-order valence-corrected chi connectivity index (χ0v) is 13.6. The molecule has 4 heteroatoms. The molecule has 0 saturated carbocycles. The first-order chi connectivity index (χ1) is 10.1. The molecule has 0 saturated heterocycles. The lowest BCUT2D eigenvalue weighted by Gasteiger charge is -2.19. The monoisotopic (exact) mass is 287 g/mol. The summed E-state index contributed by atoms with van der Waals surface area (Å²) in [6.45, 7) is 8.47. The Morgan fingerprint density at radius 2 is 1.86 bits per heavy atom. The highest BCUT2D eigenvalue weighted by molar-refractivity contribution is 5.77. The number of imidazole rings is 1. The van der Waals surface area contributed by atoms with Gasteiger partial charge in [-0.3, -0.25) is 4.79 Å². The lowest BCUT2D eigenvalue weighted by molar-refractivity contribution is -0.133. The number of nitrogens with zero attached hydrogens (tertiary/aromatic N) is 2. The van der Waals surface area contributed by atoms with Crippen LogP contribution >= 0.6 is 0 Å². The number of rotatable bonds is 4. The number of hydrogen-bond donors (Lipinski definition) is 1. The molecule has 2 rings (SSSR count). The highest BCUT2D eigenvalue weighted by atomic mass is 16.2. The van der Waals surface area contributed by atoms with Crippen molar-refractivity contribution in [2.75, 3.05) is 7.05 Å². The summed E-state index contributed by atoms with van der Waals surface area (Å²) in [6, 6.07) is 8.09. The molecule has 0 fully saturated rings. The number of hydrogen-bond acceptors (Lipinski definition) is 2. The molecule has 2 aromatic rings. The summed E-state index contributed by atoms with van der Waals surface area (Å²) in [7, 11) is 1.84. The first-order valence-electron chi connectivity index (χ1n) is 7.41. The third-order valence-corrected chi connectivity index (χ3v) is 3.02. The number of carbonyl (C=O) groups is 1. The summed E-state index contributed by atoms with van der Waals surface area (Å²) in [5.74, 6) is 1.06. The molecule has 0 spiro atoms. The second-order valence-corrected chi connectivity index (χ2v) is 4.98. The van der Waals surface area contributed by atoms with Gasteiger partial charge in [0.1, 0.15) is 5.82 Å². The van der Waals surface area contributed by atoms with Crippen LogP contribution in [0.5, 0.6) is 0 Å². The predicted molar refractivity (Wildman–Crippen MR) is 86.7 cm³/mol. The van der Waals surface area contributed by atoms with Gasteiger partial charge in [-0.05, 0) is 5.56 Å². The van der Waals surface area contributed by atoms with Crippen LogP contribution in [0.4, 0.5) is 0 Å². The van der Waals surface area contributed by atoms with Gasteiger partial charge in [0.15, 0.2) is 0 Å². The molecule has 1 heterocycles. The minimum Gasteiger partial charge on any atom is -0.345 e. The Morgan fingerprint density at radius 3 is 2.33 bits per heavy atom. The third-order valence-electron chi connectivity index (χ3n) is 3.02. The molecule has 4 nitrogen and oxygen atoms in total. The molecule has 0 bridgehead atoms. The number of aromatic nitrogens is 2. The third kappa shape index (κ3) is 4.74. The van der Waals surface area contributed by atoms with Crippen molar-refractivity contribution in [3.05, 3.63) is 42.2 Å². The molecule has 1 amide bonds. The number of nitrogens with one attached hydrogen (secondary N) is 1. The lowest BCUT2D eigenvalue weighted by atomic mass is 10.1. The number of benzene rings is 1.